The van der Waals surface area contributed by atoms with Crippen LogP contribution >= 0.6 is 0 Å². The van der Waals surface area contributed by atoms with Gasteiger partial charge in [-0.2, -0.15) is 0 Å². The van der Waals surface area contributed by atoms with Crippen molar-refractivity contribution in [1.82, 2.24) is 4.90 Å². The molecule has 0 saturated heterocycles. The second kappa shape index (κ2) is 6.30. The largest absolute Gasteiger partial charge is 0.508 e. The van der Waals surface area contributed by atoms with E-state index in [1.807, 2.05) is 36.1 Å². The number of anilines is 1. The molecule has 1 aromatic carbocycles. The second-order valence-electron chi connectivity index (χ2n) is 7.53. The van der Waals surface area contributed by atoms with Crippen molar-refractivity contribution < 1.29 is 14.3 Å². The van der Waals surface area contributed by atoms with Gasteiger partial charge in [0.1, 0.15) is 11.5 Å². The van der Waals surface area contributed by atoms with Crippen molar-refractivity contribution in [2.45, 2.75) is 27.7 Å². The van der Waals surface area contributed by atoms with Gasteiger partial charge in [-0.1, -0.05) is 26.0 Å². The predicted molar refractivity (Wildman–Crippen MR) is 106 cm³/mol. The number of rotatable bonds is 3. The van der Waals surface area contributed by atoms with Crippen molar-refractivity contribution in [3.05, 3.63) is 52.5 Å². The van der Waals surface area contributed by atoms with Crippen molar-refractivity contribution >= 4 is 29.5 Å². The molecule has 1 N–H and O–H groups in total. The lowest BCUT2D eigenvalue weighted by Crippen LogP contribution is -2.32. The number of carbonyl (C=O) groups is 1. The number of aryl methyl sites for hydroxylation is 2. The first kappa shape index (κ1) is 17.4. The van der Waals surface area contributed by atoms with E-state index in [0.29, 0.717) is 40.9 Å². The summed E-state index contributed by atoms with van der Waals surface area (Å²) < 4.78 is 5.76. The van der Waals surface area contributed by atoms with Crippen molar-refractivity contribution in [1.29, 1.82) is 0 Å². The van der Waals surface area contributed by atoms with Crippen LogP contribution in [0.5, 0.6) is 0 Å². The Kier molecular flexibility index (Phi) is 4.06. The average molecular weight is 365 g/mol. The lowest BCUT2D eigenvalue weighted by atomic mass is 10.0. The van der Waals surface area contributed by atoms with Gasteiger partial charge in [-0.25, -0.2) is 4.99 Å². The van der Waals surface area contributed by atoms with Crippen molar-refractivity contribution in [3.63, 3.8) is 0 Å². The number of hydrogen-bond donors (Lipinski definition) is 1. The van der Waals surface area contributed by atoms with Crippen LogP contribution < -0.4 is 4.90 Å². The van der Waals surface area contributed by atoms with Gasteiger partial charge in [-0.3, -0.25) is 4.79 Å². The zero-order valence-electron chi connectivity index (χ0n) is 16.0. The fraction of sp³-hybridized carbons (Fsp3) is 0.333. The van der Waals surface area contributed by atoms with Gasteiger partial charge in [0.05, 0.1) is 29.7 Å². The Labute approximate surface area is 158 Å². The van der Waals surface area contributed by atoms with Gasteiger partial charge >= 0.3 is 0 Å². The fourth-order valence-electron chi connectivity index (χ4n) is 3.70. The standard InChI is InChI=1S/C21H23N3O3/c1-12(2)9-23-11-22-20-18-17(14(4)27-20)21(26)24(10-16(25)19(18)23)15-7-5-6-13(3)8-15/h5-8,11-12,25H,9-10H2,1-4H3. The molecular weight excluding hydrogens is 342 g/mol. The van der Waals surface area contributed by atoms with E-state index in [1.165, 1.54) is 0 Å². The highest BCUT2D eigenvalue weighted by Gasteiger charge is 2.38. The molecule has 27 heavy (non-hydrogen) atoms. The Balaban J connectivity index is 1.91. The molecule has 0 spiro atoms. The molecule has 0 atom stereocenters. The first-order valence-corrected chi connectivity index (χ1v) is 9.12. The maximum atomic E-state index is 13.4. The van der Waals surface area contributed by atoms with Crippen LogP contribution in [0, 0.1) is 19.8 Å². The van der Waals surface area contributed by atoms with E-state index in [9.17, 15) is 9.90 Å². The van der Waals surface area contributed by atoms with Gasteiger partial charge < -0.3 is 19.3 Å². The first-order chi connectivity index (χ1) is 12.9. The minimum absolute atomic E-state index is 0.105. The third kappa shape index (κ3) is 2.81. The molecule has 0 unspecified atom stereocenters. The highest BCUT2D eigenvalue weighted by molar-refractivity contribution is 6.13. The molecule has 3 heterocycles. The Morgan fingerprint density at radius 3 is 2.74 bits per heavy atom. The second-order valence-corrected chi connectivity index (χ2v) is 7.53. The monoisotopic (exact) mass is 365 g/mol. The number of amides is 1. The van der Waals surface area contributed by atoms with E-state index in [0.717, 1.165) is 11.3 Å². The van der Waals surface area contributed by atoms with E-state index in [-0.39, 0.29) is 18.2 Å². The number of aliphatic hydroxyl groups excluding tert-OH is 1. The summed E-state index contributed by atoms with van der Waals surface area (Å²) in [5.41, 5.74) is 3.47. The van der Waals surface area contributed by atoms with Gasteiger partial charge in [0.25, 0.3) is 5.91 Å². The molecule has 0 radical (unpaired) electrons. The number of benzene rings is 1. The molecule has 1 amide bonds. The van der Waals surface area contributed by atoms with Gasteiger partial charge in [-0.05, 0) is 37.5 Å². The molecule has 2 aliphatic rings. The molecule has 6 nitrogen and oxygen atoms in total. The van der Waals surface area contributed by atoms with Crippen LogP contribution in [0.1, 0.15) is 41.1 Å². The highest BCUT2D eigenvalue weighted by Crippen LogP contribution is 2.43. The molecule has 2 aliphatic heterocycles. The Hall–Kier alpha value is -3.02. The molecule has 140 valence electrons. The third-order valence-corrected chi connectivity index (χ3v) is 4.82. The lowest BCUT2D eigenvalue weighted by Gasteiger charge is -2.27. The molecule has 0 aliphatic carbocycles. The molecule has 1 aromatic heterocycles. The SMILES string of the molecule is Cc1cccc(N2CC(O)=C3c4c(oc(C)c4C2=O)N=CN3CC(C)C)c1. The van der Waals surface area contributed by atoms with E-state index >= 15 is 0 Å². The predicted octanol–water partition coefficient (Wildman–Crippen LogP) is 4.41. The molecule has 0 saturated carbocycles. The quantitative estimate of drug-likeness (QED) is 0.874. The smallest absolute Gasteiger partial charge is 0.263 e. The van der Waals surface area contributed by atoms with Gasteiger partial charge in [0.15, 0.2) is 0 Å². The van der Waals surface area contributed by atoms with Gasteiger partial charge in [-0.15, -0.1) is 0 Å². The molecule has 6 heteroatoms. The zero-order valence-corrected chi connectivity index (χ0v) is 16.0. The number of furan rings is 1. The van der Waals surface area contributed by atoms with Crippen molar-refractivity contribution in [3.8, 4) is 0 Å². The molecule has 2 aromatic rings. The Morgan fingerprint density at radius 1 is 1.26 bits per heavy atom. The normalized spacial score (nSPS) is 16.3. The molecule has 4 rings (SSSR count). The van der Waals surface area contributed by atoms with E-state index in [4.69, 9.17) is 4.42 Å². The summed E-state index contributed by atoms with van der Waals surface area (Å²) in [4.78, 5) is 21.3. The molecule has 0 fully saturated rings. The number of carbonyl (C=O) groups excluding carboxylic acids is 1. The molecule has 0 bridgehead atoms. The first-order valence-electron chi connectivity index (χ1n) is 9.12. The highest BCUT2D eigenvalue weighted by atomic mass is 16.4. The van der Waals surface area contributed by atoms with Gasteiger partial charge in [0.2, 0.25) is 5.88 Å². The lowest BCUT2D eigenvalue weighted by molar-refractivity contribution is 0.0985. The number of nitrogens with zero attached hydrogens (tertiary/aromatic N) is 3. The Morgan fingerprint density at radius 2 is 2.04 bits per heavy atom. The summed E-state index contributed by atoms with van der Waals surface area (Å²) in [7, 11) is 0. The topological polar surface area (TPSA) is 69.3 Å². The minimum atomic E-state index is -0.189. The maximum Gasteiger partial charge on any atom is 0.263 e. The maximum absolute atomic E-state index is 13.4. The summed E-state index contributed by atoms with van der Waals surface area (Å²) in [6.45, 7) is 8.74. The van der Waals surface area contributed by atoms with Crippen LogP contribution in [-0.4, -0.2) is 35.3 Å². The zero-order chi connectivity index (χ0) is 19.3. The van der Waals surface area contributed by atoms with Crippen LogP contribution in [0.25, 0.3) is 5.70 Å². The average Bonchev–Trinajstić information content (AvgIpc) is 2.87. The van der Waals surface area contributed by atoms with Crippen LogP contribution in [0.2, 0.25) is 0 Å². The van der Waals surface area contributed by atoms with Crippen LogP contribution in [-0.2, 0) is 0 Å². The minimum Gasteiger partial charge on any atom is -0.508 e. The summed E-state index contributed by atoms with van der Waals surface area (Å²) in [5.74, 6) is 1.20. The molecular formula is C21H23N3O3. The third-order valence-electron chi connectivity index (χ3n) is 4.82. The van der Waals surface area contributed by atoms with Crippen LogP contribution in [0.4, 0.5) is 11.6 Å². The van der Waals surface area contributed by atoms with Crippen molar-refractivity contribution in [2.24, 2.45) is 10.9 Å². The summed E-state index contributed by atoms with van der Waals surface area (Å²) in [6.07, 6.45) is 1.67. The fourth-order valence-corrected chi connectivity index (χ4v) is 3.70. The summed E-state index contributed by atoms with van der Waals surface area (Å²) in [5, 5.41) is 11.0. The van der Waals surface area contributed by atoms with Crippen LogP contribution in [0.3, 0.4) is 0 Å². The van der Waals surface area contributed by atoms with E-state index < -0.39 is 0 Å². The Bertz CT molecular complexity index is 985. The van der Waals surface area contributed by atoms with Gasteiger partial charge in [0, 0.05) is 12.2 Å². The van der Waals surface area contributed by atoms with Crippen molar-refractivity contribution in [2.75, 3.05) is 18.0 Å². The van der Waals surface area contributed by atoms with E-state index in [2.05, 4.69) is 18.8 Å². The number of aliphatic hydroxyl groups is 1. The number of aliphatic imine (C=N–C) groups is 1. The van der Waals surface area contributed by atoms with E-state index in [1.54, 1.807) is 18.2 Å². The summed E-state index contributed by atoms with van der Waals surface area (Å²) >= 11 is 0. The number of hydrogen-bond acceptors (Lipinski definition) is 5. The summed E-state index contributed by atoms with van der Waals surface area (Å²) in [6, 6.07) is 7.70. The van der Waals surface area contributed by atoms with Crippen LogP contribution in [0.15, 0.2) is 39.4 Å².